The molecular weight excluding hydrogens is 476 g/mol. The molecule has 3 heterocycles. The van der Waals surface area contributed by atoms with Gasteiger partial charge in [0.25, 0.3) is 0 Å². The van der Waals surface area contributed by atoms with Crippen LogP contribution in [0.3, 0.4) is 0 Å². The van der Waals surface area contributed by atoms with Gasteiger partial charge in [0.1, 0.15) is 5.82 Å². The summed E-state index contributed by atoms with van der Waals surface area (Å²) < 4.78 is 0. The zero-order valence-electron chi connectivity index (χ0n) is 21.6. The summed E-state index contributed by atoms with van der Waals surface area (Å²) in [6, 6.07) is 7.46. The van der Waals surface area contributed by atoms with Gasteiger partial charge in [-0.3, -0.25) is 5.32 Å². The standard InChI is InChI=1S/C26H37ClN8O/c1-17(2)30-26(36)33-24-20(22-18(3)7-5-8-21(22)27)15-19-16-29-25(32-23(19)31-24)28-9-6-10-35-13-11-34(4)12-14-35/h5,7-8,15,17H,6,9-14,16H2,1-4H3,(H4,28,29,30,31,32,33,36). The number of nitrogens with one attached hydrogen (secondary N) is 4. The largest absolute Gasteiger partial charge is 0.356 e. The molecule has 0 bridgehead atoms. The minimum Gasteiger partial charge on any atom is -0.356 e. The third-order valence-electron chi connectivity index (χ3n) is 6.43. The average Bonchev–Trinajstić information content (AvgIpc) is 2.82. The van der Waals surface area contributed by atoms with Gasteiger partial charge in [0.05, 0.1) is 0 Å². The number of benzene rings is 1. The van der Waals surface area contributed by atoms with Gasteiger partial charge in [-0.1, -0.05) is 23.7 Å². The van der Waals surface area contributed by atoms with Crippen molar-refractivity contribution in [1.82, 2.24) is 30.7 Å². The van der Waals surface area contributed by atoms with Crippen LogP contribution in [0.2, 0.25) is 5.02 Å². The highest BCUT2D eigenvalue weighted by Gasteiger charge is 2.21. The summed E-state index contributed by atoms with van der Waals surface area (Å²) >= 11 is 6.58. The van der Waals surface area contributed by atoms with Crippen LogP contribution < -0.4 is 21.3 Å². The van der Waals surface area contributed by atoms with E-state index >= 15 is 0 Å². The maximum atomic E-state index is 12.6. The van der Waals surface area contributed by atoms with Crippen molar-refractivity contribution in [1.29, 1.82) is 0 Å². The van der Waals surface area contributed by atoms with E-state index in [2.05, 4.69) is 38.1 Å². The number of aromatic nitrogens is 1. The molecule has 1 aromatic heterocycles. The highest BCUT2D eigenvalue weighted by Crippen LogP contribution is 2.38. The minimum atomic E-state index is -0.316. The Morgan fingerprint density at radius 2 is 2.00 bits per heavy atom. The molecule has 2 amide bonds. The number of urea groups is 1. The number of nitrogens with zero attached hydrogens (tertiary/aromatic N) is 4. The number of rotatable bonds is 7. The average molecular weight is 513 g/mol. The van der Waals surface area contributed by atoms with Crippen LogP contribution >= 0.6 is 11.6 Å². The van der Waals surface area contributed by atoms with E-state index in [4.69, 9.17) is 21.6 Å². The number of pyridine rings is 1. The predicted molar refractivity (Wildman–Crippen MR) is 147 cm³/mol. The first-order chi connectivity index (χ1) is 17.3. The van der Waals surface area contributed by atoms with Gasteiger partial charge in [-0.2, -0.15) is 4.99 Å². The number of piperazine rings is 1. The third kappa shape index (κ3) is 6.66. The van der Waals surface area contributed by atoms with E-state index in [0.29, 0.717) is 29.2 Å². The first-order valence-corrected chi connectivity index (χ1v) is 13.0. The first-order valence-electron chi connectivity index (χ1n) is 12.6. The second-order valence-electron chi connectivity index (χ2n) is 9.79. The normalized spacial score (nSPS) is 16.2. The molecular formula is C26H37ClN8O. The van der Waals surface area contributed by atoms with E-state index in [1.165, 1.54) is 0 Å². The molecule has 9 nitrogen and oxygen atoms in total. The molecule has 0 unspecified atom stereocenters. The third-order valence-corrected chi connectivity index (χ3v) is 6.74. The SMILES string of the molecule is Cc1cccc(Cl)c1-c1cc2c(nc1NC(=O)NC(C)C)N=C(NCCCN1CCN(C)CC1)NC2. The molecule has 10 heteroatoms. The number of fused-ring (bicyclic) bond motifs is 1. The molecule has 1 aromatic carbocycles. The molecule has 194 valence electrons. The smallest absolute Gasteiger partial charge is 0.320 e. The van der Waals surface area contributed by atoms with Crippen LogP contribution in [0, 0.1) is 6.92 Å². The number of likely N-dealkylation sites (N-methyl/N-ethyl adjacent to an activating group) is 1. The molecule has 36 heavy (non-hydrogen) atoms. The zero-order chi connectivity index (χ0) is 25.7. The van der Waals surface area contributed by atoms with Crippen molar-refractivity contribution in [2.45, 2.75) is 39.8 Å². The molecule has 2 aromatic rings. The lowest BCUT2D eigenvalue weighted by atomic mass is 9.99. The topological polar surface area (TPSA) is 96.9 Å². The van der Waals surface area contributed by atoms with Gasteiger partial charge in [-0.15, -0.1) is 0 Å². The van der Waals surface area contributed by atoms with Crippen LogP contribution in [0.4, 0.5) is 16.4 Å². The van der Waals surface area contributed by atoms with Crippen LogP contribution in [0.1, 0.15) is 31.4 Å². The number of carbonyl (C=O) groups is 1. The lowest BCUT2D eigenvalue weighted by molar-refractivity contribution is 0.153. The lowest BCUT2D eigenvalue weighted by Gasteiger charge is -2.32. The fourth-order valence-corrected chi connectivity index (χ4v) is 4.77. The number of anilines is 1. The molecule has 2 aliphatic rings. The number of hydrogen-bond donors (Lipinski definition) is 4. The molecule has 0 aliphatic carbocycles. The Morgan fingerprint density at radius 1 is 1.22 bits per heavy atom. The predicted octanol–water partition coefficient (Wildman–Crippen LogP) is 3.56. The Hall–Kier alpha value is -2.88. The molecule has 1 fully saturated rings. The first kappa shape index (κ1) is 26.2. The summed E-state index contributed by atoms with van der Waals surface area (Å²) in [5, 5.41) is 13.1. The van der Waals surface area contributed by atoms with Crippen molar-refractivity contribution in [3.05, 3.63) is 40.4 Å². The van der Waals surface area contributed by atoms with Gasteiger partial charge in [-0.05, 0) is 58.5 Å². The molecule has 0 atom stereocenters. The number of guanidine groups is 1. The highest BCUT2D eigenvalue weighted by atomic mass is 35.5. The van der Waals surface area contributed by atoms with E-state index in [1.807, 2.05) is 45.0 Å². The van der Waals surface area contributed by atoms with Crippen LogP contribution in [-0.2, 0) is 6.54 Å². The Balaban J connectivity index is 1.51. The lowest BCUT2D eigenvalue weighted by Crippen LogP contribution is -2.45. The molecule has 0 spiro atoms. The maximum absolute atomic E-state index is 12.6. The maximum Gasteiger partial charge on any atom is 0.320 e. The van der Waals surface area contributed by atoms with Crippen molar-refractivity contribution in [2.24, 2.45) is 4.99 Å². The van der Waals surface area contributed by atoms with E-state index < -0.39 is 0 Å². The summed E-state index contributed by atoms with van der Waals surface area (Å²) in [6.07, 6.45) is 1.04. The summed E-state index contributed by atoms with van der Waals surface area (Å²) in [4.78, 5) is 26.9. The Morgan fingerprint density at radius 3 is 2.72 bits per heavy atom. The number of hydrogen-bond acceptors (Lipinski definition) is 7. The minimum absolute atomic E-state index is 0.00278. The van der Waals surface area contributed by atoms with Gasteiger partial charge in [0.15, 0.2) is 11.8 Å². The van der Waals surface area contributed by atoms with E-state index in [0.717, 1.165) is 67.9 Å². The van der Waals surface area contributed by atoms with Gasteiger partial charge in [0, 0.05) is 67.0 Å². The molecule has 1 saturated heterocycles. The van der Waals surface area contributed by atoms with E-state index in [-0.39, 0.29) is 12.1 Å². The summed E-state index contributed by atoms with van der Waals surface area (Å²) in [5.74, 6) is 1.72. The molecule has 0 saturated carbocycles. The van der Waals surface area contributed by atoms with E-state index in [9.17, 15) is 4.79 Å². The van der Waals surface area contributed by atoms with E-state index in [1.54, 1.807) is 0 Å². The zero-order valence-corrected chi connectivity index (χ0v) is 22.4. The number of carbonyl (C=O) groups excluding carboxylic acids is 1. The second-order valence-corrected chi connectivity index (χ2v) is 10.2. The van der Waals surface area contributed by atoms with Crippen LogP contribution in [0.25, 0.3) is 11.1 Å². The fraction of sp³-hybridized carbons (Fsp3) is 0.500. The summed E-state index contributed by atoms with van der Waals surface area (Å²) in [7, 11) is 2.17. The van der Waals surface area contributed by atoms with Crippen LogP contribution in [0.15, 0.2) is 29.3 Å². The van der Waals surface area contributed by atoms with Gasteiger partial charge in [-0.25, -0.2) is 9.78 Å². The Bertz CT molecular complexity index is 1090. The van der Waals surface area contributed by atoms with Crippen LogP contribution in [0.5, 0.6) is 0 Å². The highest BCUT2D eigenvalue weighted by molar-refractivity contribution is 6.33. The van der Waals surface area contributed by atoms with Crippen molar-refractivity contribution >= 4 is 35.2 Å². The molecule has 4 rings (SSSR count). The van der Waals surface area contributed by atoms with Gasteiger partial charge < -0.3 is 25.8 Å². The number of amides is 2. The number of aliphatic imine (C=N–C) groups is 1. The molecule has 2 aliphatic heterocycles. The van der Waals surface area contributed by atoms with Gasteiger partial charge in [0.2, 0.25) is 0 Å². The quantitative estimate of drug-likeness (QED) is 0.424. The fourth-order valence-electron chi connectivity index (χ4n) is 4.44. The van der Waals surface area contributed by atoms with Crippen molar-refractivity contribution < 1.29 is 4.79 Å². The Kier molecular flexibility index (Phi) is 8.66. The Labute approximate surface area is 218 Å². The monoisotopic (exact) mass is 512 g/mol. The van der Waals surface area contributed by atoms with Gasteiger partial charge >= 0.3 is 6.03 Å². The summed E-state index contributed by atoms with van der Waals surface area (Å²) in [6.45, 7) is 12.8. The molecule has 0 radical (unpaired) electrons. The van der Waals surface area contributed by atoms with Crippen LogP contribution in [-0.4, -0.2) is 79.1 Å². The van der Waals surface area contributed by atoms with Crippen molar-refractivity contribution in [3.8, 4) is 11.1 Å². The number of aryl methyl sites for hydroxylation is 1. The molecule has 4 N–H and O–H groups in total. The summed E-state index contributed by atoms with van der Waals surface area (Å²) in [5.41, 5.74) is 3.58. The van der Waals surface area contributed by atoms with Crippen molar-refractivity contribution in [3.63, 3.8) is 0 Å². The second kappa shape index (κ2) is 11.9. The van der Waals surface area contributed by atoms with Crippen molar-refractivity contribution in [2.75, 3.05) is 51.6 Å². The number of halogens is 1.